The molecule has 0 radical (unpaired) electrons. The van der Waals surface area contributed by atoms with Gasteiger partial charge in [0, 0.05) is 15.7 Å². The van der Waals surface area contributed by atoms with Crippen LogP contribution in [0.4, 0.5) is 5.69 Å². The Morgan fingerprint density at radius 2 is 1.84 bits per heavy atom. The number of hydrogen-bond acceptors (Lipinski definition) is 1. The average Bonchev–Trinajstić information content (AvgIpc) is 2.39. The lowest BCUT2D eigenvalue weighted by atomic mass is 10.2. The first-order valence-electron chi connectivity index (χ1n) is 5.71. The minimum absolute atomic E-state index is 0.345. The topological polar surface area (TPSA) is 50.4 Å². The van der Waals surface area contributed by atoms with Gasteiger partial charge < -0.3 is 11.1 Å². The molecule has 3 N–H and O–H groups in total. The maximum atomic E-state index is 6.06. The second-order valence-electron chi connectivity index (χ2n) is 3.93. The second kappa shape index (κ2) is 6.45. The van der Waals surface area contributed by atoms with Gasteiger partial charge in [0.25, 0.3) is 0 Å². The van der Waals surface area contributed by atoms with Crippen molar-refractivity contribution in [2.24, 2.45) is 10.7 Å². The van der Waals surface area contributed by atoms with Gasteiger partial charge in [0.15, 0.2) is 5.96 Å². The number of aliphatic imine (C=N–C) groups is 1. The van der Waals surface area contributed by atoms with Gasteiger partial charge >= 0.3 is 0 Å². The van der Waals surface area contributed by atoms with Crippen LogP contribution >= 0.6 is 23.2 Å². The Balaban J connectivity index is 2.02. The van der Waals surface area contributed by atoms with Crippen molar-refractivity contribution in [3.8, 4) is 0 Å². The molecular formula is C14H13Cl2N3. The second-order valence-corrected chi connectivity index (χ2v) is 4.77. The zero-order chi connectivity index (χ0) is 13.7. The van der Waals surface area contributed by atoms with Crippen molar-refractivity contribution >= 4 is 34.8 Å². The molecule has 2 aromatic carbocycles. The first-order valence-corrected chi connectivity index (χ1v) is 6.46. The Hall–Kier alpha value is -1.71. The zero-order valence-electron chi connectivity index (χ0n) is 10.1. The van der Waals surface area contributed by atoms with Crippen LogP contribution < -0.4 is 11.1 Å². The number of benzene rings is 2. The quantitative estimate of drug-likeness (QED) is 0.666. The summed E-state index contributed by atoms with van der Waals surface area (Å²) >= 11 is 11.9. The standard InChI is InChI=1S/C14H13Cl2N3/c15-11-7-6-10(13(16)8-11)9-18-14(17)19-12-4-2-1-3-5-12/h1-8H,9H2,(H3,17,18,19). The van der Waals surface area contributed by atoms with E-state index >= 15 is 0 Å². The van der Waals surface area contributed by atoms with E-state index in [1.54, 1.807) is 12.1 Å². The summed E-state index contributed by atoms with van der Waals surface area (Å²) in [5.41, 5.74) is 7.58. The number of rotatable bonds is 3. The minimum Gasteiger partial charge on any atom is -0.370 e. The van der Waals surface area contributed by atoms with E-state index < -0.39 is 0 Å². The molecule has 0 aliphatic carbocycles. The van der Waals surface area contributed by atoms with Crippen molar-refractivity contribution in [2.75, 3.05) is 5.32 Å². The summed E-state index contributed by atoms with van der Waals surface area (Å²) < 4.78 is 0. The molecule has 0 bridgehead atoms. The molecular weight excluding hydrogens is 281 g/mol. The average molecular weight is 294 g/mol. The maximum absolute atomic E-state index is 6.06. The Labute approximate surface area is 122 Å². The molecule has 2 aromatic rings. The highest BCUT2D eigenvalue weighted by Gasteiger charge is 2.01. The molecule has 0 unspecified atom stereocenters. The van der Waals surface area contributed by atoms with Crippen LogP contribution in [0.15, 0.2) is 53.5 Å². The fraction of sp³-hybridized carbons (Fsp3) is 0.0714. The minimum atomic E-state index is 0.345. The Morgan fingerprint density at radius 1 is 1.11 bits per heavy atom. The molecule has 0 atom stereocenters. The first kappa shape index (κ1) is 13.7. The molecule has 98 valence electrons. The van der Waals surface area contributed by atoms with Crippen LogP contribution in [0.25, 0.3) is 0 Å². The molecule has 0 amide bonds. The van der Waals surface area contributed by atoms with Gasteiger partial charge in [0.1, 0.15) is 0 Å². The molecule has 0 aromatic heterocycles. The van der Waals surface area contributed by atoms with Crippen LogP contribution in [0.2, 0.25) is 10.0 Å². The number of nitrogens with two attached hydrogens (primary N) is 1. The van der Waals surface area contributed by atoms with Crippen molar-refractivity contribution in [3.63, 3.8) is 0 Å². The number of para-hydroxylation sites is 1. The summed E-state index contributed by atoms with van der Waals surface area (Å²) in [6, 6.07) is 14.9. The molecule has 0 aliphatic heterocycles. The molecule has 5 heteroatoms. The SMILES string of the molecule is NC(=NCc1ccc(Cl)cc1Cl)Nc1ccccc1. The lowest BCUT2D eigenvalue weighted by Gasteiger charge is -2.06. The van der Waals surface area contributed by atoms with Gasteiger partial charge in [0.2, 0.25) is 0 Å². The van der Waals surface area contributed by atoms with Crippen LogP contribution in [0.3, 0.4) is 0 Å². The fourth-order valence-corrected chi connectivity index (χ4v) is 2.00. The van der Waals surface area contributed by atoms with Gasteiger partial charge in [-0.2, -0.15) is 0 Å². The van der Waals surface area contributed by atoms with E-state index in [0.29, 0.717) is 22.5 Å². The van der Waals surface area contributed by atoms with E-state index in [1.807, 2.05) is 36.4 Å². The lowest BCUT2D eigenvalue weighted by Crippen LogP contribution is -2.22. The third-order valence-electron chi connectivity index (χ3n) is 2.48. The lowest BCUT2D eigenvalue weighted by molar-refractivity contribution is 1.06. The van der Waals surface area contributed by atoms with Crippen LogP contribution in [-0.2, 0) is 6.54 Å². The van der Waals surface area contributed by atoms with Gasteiger partial charge in [-0.25, -0.2) is 4.99 Å². The summed E-state index contributed by atoms with van der Waals surface area (Å²) in [6.07, 6.45) is 0. The smallest absolute Gasteiger partial charge is 0.193 e. The van der Waals surface area contributed by atoms with Crippen LogP contribution in [-0.4, -0.2) is 5.96 Å². The monoisotopic (exact) mass is 293 g/mol. The largest absolute Gasteiger partial charge is 0.370 e. The zero-order valence-corrected chi connectivity index (χ0v) is 11.6. The maximum Gasteiger partial charge on any atom is 0.193 e. The Bertz CT molecular complexity index is 582. The van der Waals surface area contributed by atoms with E-state index in [1.165, 1.54) is 0 Å². The highest BCUT2D eigenvalue weighted by Crippen LogP contribution is 2.21. The predicted molar refractivity (Wildman–Crippen MR) is 81.9 cm³/mol. The molecule has 0 fully saturated rings. The van der Waals surface area contributed by atoms with E-state index in [2.05, 4.69) is 10.3 Å². The number of nitrogens with one attached hydrogen (secondary N) is 1. The van der Waals surface area contributed by atoms with Gasteiger partial charge in [0.05, 0.1) is 6.54 Å². The molecule has 0 saturated heterocycles. The van der Waals surface area contributed by atoms with E-state index in [0.717, 1.165) is 11.3 Å². The molecule has 19 heavy (non-hydrogen) atoms. The Morgan fingerprint density at radius 3 is 2.53 bits per heavy atom. The third-order valence-corrected chi connectivity index (χ3v) is 3.07. The summed E-state index contributed by atoms with van der Waals surface area (Å²) in [5.74, 6) is 0.345. The molecule has 0 saturated carbocycles. The van der Waals surface area contributed by atoms with Crippen molar-refractivity contribution in [3.05, 3.63) is 64.1 Å². The third kappa shape index (κ3) is 4.16. The first-order chi connectivity index (χ1) is 9.15. The van der Waals surface area contributed by atoms with Crippen LogP contribution in [0, 0.1) is 0 Å². The number of hydrogen-bond donors (Lipinski definition) is 2. The summed E-state index contributed by atoms with van der Waals surface area (Å²) in [5, 5.41) is 4.19. The van der Waals surface area contributed by atoms with Gasteiger partial charge in [-0.3, -0.25) is 0 Å². The summed E-state index contributed by atoms with van der Waals surface area (Å²) in [4.78, 5) is 4.24. The van der Waals surface area contributed by atoms with E-state index in [9.17, 15) is 0 Å². The predicted octanol–water partition coefficient (Wildman–Crippen LogP) is 3.92. The van der Waals surface area contributed by atoms with Crippen LogP contribution in [0.5, 0.6) is 0 Å². The molecule has 0 heterocycles. The number of nitrogens with zero attached hydrogens (tertiary/aromatic N) is 1. The highest BCUT2D eigenvalue weighted by atomic mass is 35.5. The molecule has 0 spiro atoms. The summed E-state index contributed by atoms with van der Waals surface area (Å²) in [6.45, 7) is 0.404. The van der Waals surface area contributed by atoms with Crippen molar-refractivity contribution in [1.82, 2.24) is 0 Å². The molecule has 0 aliphatic rings. The number of halogens is 2. The van der Waals surface area contributed by atoms with E-state index in [-0.39, 0.29) is 0 Å². The highest BCUT2D eigenvalue weighted by molar-refractivity contribution is 6.35. The van der Waals surface area contributed by atoms with Crippen molar-refractivity contribution < 1.29 is 0 Å². The Kier molecular flexibility index (Phi) is 4.66. The van der Waals surface area contributed by atoms with Crippen molar-refractivity contribution in [2.45, 2.75) is 6.54 Å². The van der Waals surface area contributed by atoms with Gasteiger partial charge in [-0.15, -0.1) is 0 Å². The fourth-order valence-electron chi connectivity index (χ4n) is 1.53. The molecule has 2 rings (SSSR count). The molecule has 3 nitrogen and oxygen atoms in total. The normalized spacial score (nSPS) is 11.4. The summed E-state index contributed by atoms with van der Waals surface area (Å²) in [7, 11) is 0. The number of anilines is 1. The van der Waals surface area contributed by atoms with Gasteiger partial charge in [-0.05, 0) is 29.8 Å². The van der Waals surface area contributed by atoms with Gasteiger partial charge in [-0.1, -0.05) is 47.5 Å². The van der Waals surface area contributed by atoms with E-state index in [4.69, 9.17) is 28.9 Å². The van der Waals surface area contributed by atoms with Crippen LogP contribution in [0.1, 0.15) is 5.56 Å². The van der Waals surface area contributed by atoms with Crippen molar-refractivity contribution in [1.29, 1.82) is 0 Å². The number of guanidine groups is 1.